The average molecular weight is 433 g/mol. The van der Waals surface area contributed by atoms with Crippen LogP contribution < -0.4 is 9.64 Å². The Morgan fingerprint density at radius 2 is 1.84 bits per heavy atom. The fraction of sp³-hybridized carbons (Fsp3) is 0.292. The number of nitrogens with zero attached hydrogens (tertiary/aromatic N) is 4. The fourth-order valence-corrected chi connectivity index (χ4v) is 4.89. The topological polar surface area (TPSA) is 58.6 Å². The monoisotopic (exact) mass is 432 g/mol. The van der Waals surface area contributed by atoms with Crippen LogP contribution in [0.5, 0.6) is 5.75 Å². The summed E-state index contributed by atoms with van der Waals surface area (Å²) in [6, 6.07) is 18.2. The largest absolute Gasteiger partial charge is 0.493 e. The van der Waals surface area contributed by atoms with Crippen molar-refractivity contribution in [2.75, 3.05) is 37.7 Å². The number of carbonyl (C=O) groups is 1. The molecule has 1 aliphatic rings. The molecule has 0 aliphatic carbocycles. The molecule has 0 saturated carbocycles. The first-order valence-corrected chi connectivity index (χ1v) is 11.4. The molecule has 0 unspecified atom stereocenters. The van der Waals surface area contributed by atoms with Crippen LogP contribution in [0.3, 0.4) is 0 Å². The number of benzene rings is 2. The van der Waals surface area contributed by atoms with Crippen LogP contribution >= 0.6 is 11.3 Å². The molecule has 1 saturated heterocycles. The number of aromatic nitrogens is 2. The molecule has 7 heteroatoms. The van der Waals surface area contributed by atoms with Gasteiger partial charge in [-0.1, -0.05) is 47.7 Å². The number of hydrogen-bond acceptors (Lipinski definition) is 6. The van der Waals surface area contributed by atoms with Gasteiger partial charge in [0.1, 0.15) is 16.1 Å². The summed E-state index contributed by atoms with van der Waals surface area (Å²) in [6.45, 7) is 3.60. The van der Waals surface area contributed by atoms with Crippen LogP contribution in [0.15, 0.2) is 60.8 Å². The first-order valence-electron chi connectivity index (χ1n) is 10.6. The maximum absolute atomic E-state index is 12.6. The average Bonchev–Trinajstić information content (AvgIpc) is 3.26. The molecular formula is C24H24N4O2S. The summed E-state index contributed by atoms with van der Waals surface area (Å²) in [4.78, 5) is 26.9. The summed E-state index contributed by atoms with van der Waals surface area (Å²) < 4.78 is 5.97. The second kappa shape index (κ2) is 8.89. The van der Waals surface area contributed by atoms with Gasteiger partial charge in [0.05, 0.1) is 6.61 Å². The number of anilines is 1. The van der Waals surface area contributed by atoms with E-state index in [1.807, 2.05) is 41.3 Å². The van der Waals surface area contributed by atoms with Crippen LogP contribution in [0.1, 0.15) is 12.8 Å². The lowest BCUT2D eigenvalue weighted by Crippen LogP contribution is -2.48. The number of ether oxygens (including phenoxy) is 1. The molecule has 3 heterocycles. The lowest BCUT2D eigenvalue weighted by atomic mass is 10.1. The number of amides is 1. The van der Waals surface area contributed by atoms with Crippen LogP contribution in [0, 0.1) is 0 Å². The highest BCUT2D eigenvalue weighted by Crippen LogP contribution is 2.28. The Labute approximate surface area is 185 Å². The van der Waals surface area contributed by atoms with E-state index in [4.69, 9.17) is 4.74 Å². The first-order chi connectivity index (χ1) is 15.3. The van der Waals surface area contributed by atoms with Gasteiger partial charge in [-0.15, -0.1) is 0 Å². The van der Waals surface area contributed by atoms with E-state index in [1.165, 1.54) is 0 Å². The number of piperazine rings is 1. The van der Waals surface area contributed by atoms with Gasteiger partial charge < -0.3 is 14.5 Å². The van der Waals surface area contributed by atoms with Crippen molar-refractivity contribution >= 4 is 43.5 Å². The van der Waals surface area contributed by atoms with E-state index in [1.54, 1.807) is 17.5 Å². The van der Waals surface area contributed by atoms with E-state index in [9.17, 15) is 4.79 Å². The van der Waals surface area contributed by atoms with Gasteiger partial charge >= 0.3 is 0 Å². The maximum Gasteiger partial charge on any atom is 0.222 e. The molecule has 2 aromatic heterocycles. The van der Waals surface area contributed by atoms with Crippen LogP contribution in [-0.4, -0.2) is 53.6 Å². The Morgan fingerprint density at radius 3 is 2.71 bits per heavy atom. The lowest BCUT2D eigenvalue weighted by Gasteiger charge is -2.34. The molecule has 4 aromatic rings. The molecule has 6 nitrogen and oxygen atoms in total. The van der Waals surface area contributed by atoms with Crippen LogP contribution in [-0.2, 0) is 4.79 Å². The van der Waals surface area contributed by atoms with Gasteiger partial charge in [0, 0.05) is 44.2 Å². The molecule has 0 spiro atoms. The van der Waals surface area contributed by atoms with Crippen LogP contribution in [0.2, 0.25) is 0 Å². The van der Waals surface area contributed by atoms with Gasteiger partial charge in [-0.05, 0) is 30.0 Å². The van der Waals surface area contributed by atoms with Crippen molar-refractivity contribution in [1.29, 1.82) is 0 Å². The molecule has 31 heavy (non-hydrogen) atoms. The minimum Gasteiger partial charge on any atom is -0.493 e. The quantitative estimate of drug-likeness (QED) is 0.424. The van der Waals surface area contributed by atoms with Crippen molar-refractivity contribution < 1.29 is 9.53 Å². The maximum atomic E-state index is 12.6. The van der Waals surface area contributed by atoms with E-state index in [-0.39, 0.29) is 5.91 Å². The van der Waals surface area contributed by atoms with E-state index in [0.29, 0.717) is 19.4 Å². The van der Waals surface area contributed by atoms with Gasteiger partial charge in [0.15, 0.2) is 5.13 Å². The predicted molar refractivity (Wildman–Crippen MR) is 125 cm³/mol. The molecule has 2 aromatic carbocycles. The third-order valence-corrected chi connectivity index (χ3v) is 6.64. The molecule has 0 bridgehead atoms. The van der Waals surface area contributed by atoms with E-state index < -0.39 is 0 Å². The fourth-order valence-electron chi connectivity index (χ4n) is 3.93. The Bertz CT molecular complexity index is 1160. The van der Waals surface area contributed by atoms with Crippen molar-refractivity contribution in [3.05, 3.63) is 60.8 Å². The van der Waals surface area contributed by atoms with E-state index in [0.717, 1.165) is 58.2 Å². The predicted octanol–water partition coefficient (Wildman–Crippen LogP) is 4.35. The van der Waals surface area contributed by atoms with Gasteiger partial charge in [-0.3, -0.25) is 4.79 Å². The van der Waals surface area contributed by atoms with Crippen LogP contribution in [0.4, 0.5) is 5.13 Å². The molecule has 1 amide bonds. The summed E-state index contributed by atoms with van der Waals surface area (Å²) in [7, 11) is 0. The number of carbonyl (C=O) groups excluding carboxylic acids is 1. The van der Waals surface area contributed by atoms with Crippen molar-refractivity contribution in [3.8, 4) is 5.75 Å². The summed E-state index contributed by atoms with van der Waals surface area (Å²) >= 11 is 1.61. The lowest BCUT2D eigenvalue weighted by molar-refractivity contribution is -0.131. The number of rotatable bonds is 6. The molecule has 0 N–H and O–H groups in total. The zero-order chi connectivity index (χ0) is 21.0. The van der Waals surface area contributed by atoms with E-state index in [2.05, 4.69) is 33.1 Å². The number of fused-ring (bicyclic) bond motifs is 2. The smallest absolute Gasteiger partial charge is 0.222 e. The molecule has 0 atom stereocenters. The van der Waals surface area contributed by atoms with Gasteiger partial charge in [0.2, 0.25) is 5.91 Å². The zero-order valence-corrected chi connectivity index (χ0v) is 18.1. The molecular weight excluding hydrogens is 408 g/mol. The van der Waals surface area contributed by atoms with Crippen molar-refractivity contribution in [3.63, 3.8) is 0 Å². The van der Waals surface area contributed by atoms with Crippen molar-refractivity contribution in [2.45, 2.75) is 12.8 Å². The van der Waals surface area contributed by atoms with E-state index >= 15 is 0 Å². The van der Waals surface area contributed by atoms with Crippen LogP contribution in [0.25, 0.3) is 21.1 Å². The second-order valence-electron chi connectivity index (χ2n) is 7.62. The molecule has 158 valence electrons. The van der Waals surface area contributed by atoms with Gasteiger partial charge in [0.25, 0.3) is 0 Å². The highest BCUT2D eigenvalue weighted by molar-refractivity contribution is 7.21. The van der Waals surface area contributed by atoms with Crippen molar-refractivity contribution in [2.24, 2.45) is 0 Å². The standard InChI is InChI=1S/C24H24N4O2S/c29-22(11-5-17-30-21-10-3-7-18-6-1-2-8-19(18)21)27-13-15-28(16-14-27)24-26-20-9-4-12-25-23(20)31-24/h1-4,6-10,12H,5,11,13-17H2. The Morgan fingerprint density at radius 1 is 1.00 bits per heavy atom. The Balaban J connectivity index is 1.09. The van der Waals surface area contributed by atoms with Crippen molar-refractivity contribution in [1.82, 2.24) is 14.9 Å². The highest BCUT2D eigenvalue weighted by Gasteiger charge is 2.23. The Kier molecular flexibility index (Phi) is 5.67. The summed E-state index contributed by atoms with van der Waals surface area (Å²) in [5, 5.41) is 3.26. The summed E-state index contributed by atoms with van der Waals surface area (Å²) in [5.74, 6) is 1.08. The SMILES string of the molecule is O=C(CCCOc1cccc2ccccc12)N1CCN(c2nc3cccnc3s2)CC1. The summed E-state index contributed by atoms with van der Waals surface area (Å²) in [6.07, 6.45) is 3.02. The second-order valence-corrected chi connectivity index (χ2v) is 8.58. The minimum atomic E-state index is 0.201. The highest BCUT2D eigenvalue weighted by atomic mass is 32.1. The third kappa shape index (κ3) is 4.32. The number of thiazole rings is 1. The van der Waals surface area contributed by atoms with Gasteiger partial charge in [-0.2, -0.15) is 0 Å². The number of hydrogen-bond donors (Lipinski definition) is 0. The Hall–Kier alpha value is -3.19. The van der Waals surface area contributed by atoms with Gasteiger partial charge in [-0.25, -0.2) is 9.97 Å². The zero-order valence-electron chi connectivity index (χ0n) is 17.2. The molecule has 0 radical (unpaired) electrons. The third-order valence-electron chi connectivity index (χ3n) is 5.60. The molecule has 5 rings (SSSR count). The minimum absolute atomic E-state index is 0.201. The molecule has 1 fully saturated rings. The summed E-state index contributed by atoms with van der Waals surface area (Å²) in [5.41, 5.74) is 0.937. The molecule has 1 aliphatic heterocycles. The normalized spacial score (nSPS) is 14.3. The first kappa shape index (κ1) is 19.8. The number of pyridine rings is 1.